The van der Waals surface area contributed by atoms with Crippen molar-refractivity contribution < 1.29 is 4.79 Å². The number of rotatable bonds is 3. The number of amides is 1. The van der Waals surface area contributed by atoms with Gasteiger partial charge in [0.25, 0.3) is 5.91 Å². The van der Waals surface area contributed by atoms with Crippen molar-refractivity contribution in [2.75, 3.05) is 0 Å². The molecule has 5 heteroatoms. The van der Waals surface area contributed by atoms with Crippen LogP contribution in [0.4, 0.5) is 5.00 Å². The highest BCUT2D eigenvalue weighted by molar-refractivity contribution is 7.16. The molecule has 0 fully saturated rings. The lowest BCUT2D eigenvalue weighted by atomic mass is 9.95. The van der Waals surface area contributed by atoms with E-state index in [1.54, 1.807) is 17.6 Å². The van der Waals surface area contributed by atoms with Gasteiger partial charge in [-0.15, -0.1) is 11.3 Å². The lowest BCUT2D eigenvalue weighted by Crippen LogP contribution is -2.14. The predicted octanol–water partition coefficient (Wildman–Crippen LogP) is 4.13. The average molecular weight is 319 g/mol. The van der Waals surface area contributed by atoms with Crippen molar-refractivity contribution in [2.45, 2.75) is 25.7 Å². The molecule has 1 aromatic carbocycles. The molecule has 0 unspecified atom stereocenters. The Morgan fingerprint density at radius 1 is 1.29 bits per heavy atom. The van der Waals surface area contributed by atoms with Crippen LogP contribution in [0.15, 0.2) is 29.3 Å². The SMILES string of the molecule is NC(=O)c1c(N=Cc2ccccc2Cl)sc2c1CCCC2. The zero-order chi connectivity index (χ0) is 14.8. The van der Waals surface area contributed by atoms with Gasteiger partial charge in [-0.1, -0.05) is 29.8 Å². The number of hydrogen-bond acceptors (Lipinski definition) is 3. The van der Waals surface area contributed by atoms with Crippen molar-refractivity contribution in [3.63, 3.8) is 0 Å². The molecule has 0 atom stereocenters. The number of primary amides is 1. The number of carbonyl (C=O) groups excluding carboxylic acids is 1. The Balaban J connectivity index is 2.01. The summed E-state index contributed by atoms with van der Waals surface area (Å²) in [5, 5.41) is 1.34. The van der Waals surface area contributed by atoms with E-state index < -0.39 is 0 Å². The summed E-state index contributed by atoms with van der Waals surface area (Å²) in [5.74, 6) is -0.388. The summed E-state index contributed by atoms with van der Waals surface area (Å²) in [6, 6.07) is 7.49. The molecule has 0 spiro atoms. The third-order valence-electron chi connectivity index (χ3n) is 3.63. The number of aliphatic imine (C=N–C) groups is 1. The molecular weight excluding hydrogens is 304 g/mol. The average Bonchev–Trinajstić information content (AvgIpc) is 2.85. The number of nitrogens with zero attached hydrogens (tertiary/aromatic N) is 1. The van der Waals surface area contributed by atoms with Crippen LogP contribution in [0.3, 0.4) is 0 Å². The van der Waals surface area contributed by atoms with Gasteiger partial charge in [0.2, 0.25) is 0 Å². The van der Waals surface area contributed by atoms with Crippen LogP contribution in [0.2, 0.25) is 5.02 Å². The van der Waals surface area contributed by atoms with Crippen LogP contribution < -0.4 is 5.73 Å². The molecule has 1 aliphatic carbocycles. The van der Waals surface area contributed by atoms with Gasteiger partial charge in [-0.05, 0) is 37.3 Å². The second-order valence-corrected chi connectivity index (χ2v) is 6.53. The highest BCUT2D eigenvalue weighted by atomic mass is 35.5. The first kappa shape index (κ1) is 14.3. The van der Waals surface area contributed by atoms with E-state index >= 15 is 0 Å². The number of aryl methyl sites for hydroxylation is 1. The van der Waals surface area contributed by atoms with Gasteiger partial charge >= 0.3 is 0 Å². The number of carbonyl (C=O) groups is 1. The molecular formula is C16H15ClN2OS. The molecule has 0 saturated heterocycles. The van der Waals surface area contributed by atoms with Crippen LogP contribution in [0.1, 0.15) is 39.2 Å². The van der Waals surface area contributed by atoms with Gasteiger partial charge in [0.1, 0.15) is 5.00 Å². The number of nitrogens with two attached hydrogens (primary N) is 1. The molecule has 2 aromatic rings. The first-order valence-electron chi connectivity index (χ1n) is 6.89. The Labute approximate surface area is 132 Å². The third kappa shape index (κ3) is 2.87. The molecule has 1 amide bonds. The highest BCUT2D eigenvalue weighted by Gasteiger charge is 2.23. The summed E-state index contributed by atoms with van der Waals surface area (Å²) >= 11 is 7.69. The summed E-state index contributed by atoms with van der Waals surface area (Å²) < 4.78 is 0. The highest BCUT2D eigenvalue weighted by Crippen LogP contribution is 2.39. The number of thiophene rings is 1. The zero-order valence-electron chi connectivity index (χ0n) is 11.4. The first-order chi connectivity index (χ1) is 10.2. The maximum absolute atomic E-state index is 11.8. The fourth-order valence-corrected chi connectivity index (χ4v) is 4.03. The fourth-order valence-electron chi connectivity index (χ4n) is 2.60. The standard InChI is InChI=1S/C16H15ClN2OS/c17-12-7-3-1-5-10(12)9-19-16-14(15(18)20)11-6-2-4-8-13(11)21-16/h1,3,5,7,9H,2,4,6,8H2,(H2,18,20). The largest absolute Gasteiger partial charge is 0.365 e. The van der Waals surface area contributed by atoms with E-state index in [0.29, 0.717) is 15.6 Å². The van der Waals surface area contributed by atoms with Gasteiger partial charge < -0.3 is 5.73 Å². The molecule has 0 saturated carbocycles. The van der Waals surface area contributed by atoms with Gasteiger partial charge in [-0.2, -0.15) is 0 Å². The van der Waals surface area contributed by atoms with Crippen LogP contribution in [-0.4, -0.2) is 12.1 Å². The van der Waals surface area contributed by atoms with Crippen LogP contribution in [0.5, 0.6) is 0 Å². The fraction of sp³-hybridized carbons (Fsp3) is 0.250. The van der Waals surface area contributed by atoms with E-state index in [-0.39, 0.29) is 5.91 Å². The summed E-state index contributed by atoms with van der Waals surface area (Å²) in [4.78, 5) is 17.5. The lowest BCUT2D eigenvalue weighted by Gasteiger charge is -2.10. The Morgan fingerprint density at radius 2 is 2.05 bits per heavy atom. The molecule has 0 aliphatic heterocycles. The molecule has 108 valence electrons. The van der Waals surface area contributed by atoms with E-state index in [1.807, 2.05) is 24.3 Å². The van der Waals surface area contributed by atoms with Gasteiger partial charge in [-0.25, -0.2) is 4.99 Å². The van der Waals surface area contributed by atoms with Crippen LogP contribution in [0.25, 0.3) is 0 Å². The third-order valence-corrected chi connectivity index (χ3v) is 5.17. The van der Waals surface area contributed by atoms with Gasteiger partial charge in [-0.3, -0.25) is 4.79 Å². The van der Waals surface area contributed by atoms with Gasteiger partial charge in [0, 0.05) is 21.7 Å². The van der Waals surface area contributed by atoms with Crippen molar-refractivity contribution in [1.29, 1.82) is 0 Å². The van der Waals surface area contributed by atoms with E-state index in [1.165, 1.54) is 11.3 Å². The topological polar surface area (TPSA) is 55.5 Å². The van der Waals surface area contributed by atoms with Crippen molar-refractivity contribution in [1.82, 2.24) is 0 Å². The zero-order valence-corrected chi connectivity index (χ0v) is 13.0. The van der Waals surface area contributed by atoms with E-state index in [9.17, 15) is 4.79 Å². The first-order valence-corrected chi connectivity index (χ1v) is 8.09. The maximum Gasteiger partial charge on any atom is 0.252 e. The summed E-state index contributed by atoms with van der Waals surface area (Å²) in [6.45, 7) is 0. The summed E-state index contributed by atoms with van der Waals surface area (Å²) in [7, 11) is 0. The normalized spacial score (nSPS) is 14.3. The quantitative estimate of drug-likeness (QED) is 0.850. The van der Waals surface area contributed by atoms with Crippen molar-refractivity contribution in [2.24, 2.45) is 10.7 Å². The number of benzene rings is 1. The van der Waals surface area contributed by atoms with Crippen molar-refractivity contribution >= 4 is 40.1 Å². The summed E-state index contributed by atoms with van der Waals surface area (Å²) in [6.07, 6.45) is 5.91. The second kappa shape index (κ2) is 6.00. The molecule has 0 bridgehead atoms. The van der Waals surface area contributed by atoms with Gasteiger partial charge in [0.05, 0.1) is 5.56 Å². The Hall–Kier alpha value is -1.65. The van der Waals surface area contributed by atoms with Crippen LogP contribution in [0, 0.1) is 0 Å². The van der Waals surface area contributed by atoms with Crippen molar-refractivity contribution in [3.8, 4) is 0 Å². The molecule has 1 aromatic heterocycles. The minimum absolute atomic E-state index is 0.388. The lowest BCUT2D eigenvalue weighted by molar-refractivity contribution is 0.100. The van der Waals surface area contributed by atoms with Gasteiger partial charge in [0.15, 0.2) is 0 Å². The molecule has 1 heterocycles. The molecule has 2 N–H and O–H groups in total. The molecule has 3 rings (SSSR count). The number of halogens is 1. The minimum atomic E-state index is -0.388. The molecule has 3 nitrogen and oxygen atoms in total. The van der Waals surface area contributed by atoms with E-state index in [2.05, 4.69) is 4.99 Å². The van der Waals surface area contributed by atoms with Crippen molar-refractivity contribution in [3.05, 3.63) is 50.9 Å². The number of hydrogen-bond donors (Lipinski definition) is 1. The number of fused-ring (bicyclic) bond motifs is 1. The van der Waals surface area contributed by atoms with Crippen LogP contribution in [-0.2, 0) is 12.8 Å². The monoisotopic (exact) mass is 318 g/mol. The van der Waals surface area contributed by atoms with E-state index in [0.717, 1.165) is 30.4 Å². The smallest absolute Gasteiger partial charge is 0.252 e. The Kier molecular flexibility index (Phi) is 4.08. The maximum atomic E-state index is 11.8. The molecule has 1 aliphatic rings. The molecule has 21 heavy (non-hydrogen) atoms. The summed E-state index contributed by atoms with van der Waals surface area (Å²) in [5.41, 5.74) is 8.08. The second-order valence-electron chi connectivity index (χ2n) is 5.04. The predicted molar refractivity (Wildman–Crippen MR) is 88.2 cm³/mol. The minimum Gasteiger partial charge on any atom is -0.365 e. The molecule has 0 radical (unpaired) electrons. The van der Waals surface area contributed by atoms with E-state index in [4.69, 9.17) is 17.3 Å². The Morgan fingerprint density at radius 3 is 2.81 bits per heavy atom. The van der Waals surface area contributed by atoms with Crippen LogP contribution >= 0.6 is 22.9 Å². The Bertz CT molecular complexity index is 721.